The van der Waals surface area contributed by atoms with Crippen LogP contribution in [0.1, 0.15) is 6.92 Å². The summed E-state index contributed by atoms with van der Waals surface area (Å²) in [6, 6.07) is 12.0. The number of sulfonamides is 1. The molecule has 0 unspecified atom stereocenters. The van der Waals surface area contributed by atoms with Gasteiger partial charge in [-0.05, 0) is 55.5 Å². The highest BCUT2D eigenvalue weighted by Gasteiger charge is 2.26. The van der Waals surface area contributed by atoms with Crippen LogP contribution in [0.15, 0.2) is 58.3 Å². The molecule has 3 rings (SSSR count). The summed E-state index contributed by atoms with van der Waals surface area (Å²) in [5.74, 6) is -0.549. The minimum atomic E-state index is -3.56. The summed E-state index contributed by atoms with van der Waals surface area (Å²) in [6.07, 6.45) is 0. The molecular formula is C19H21FN2O4S2. The Morgan fingerprint density at radius 3 is 2.32 bits per heavy atom. The van der Waals surface area contributed by atoms with Crippen LogP contribution in [0.3, 0.4) is 0 Å². The van der Waals surface area contributed by atoms with E-state index in [1.165, 1.54) is 40.3 Å². The van der Waals surface area contributed by atoms with Gasteiger partial charge in [-0.15, -0.1) is 11.8 Å². The zero-order valence-electron chi connectivity index (χ0n) is 15.3. The molecule has 6 nitrogen and oxygen atoms in total. The van der Waals surface area contributed by atoms with E-state index in [1.54, 1.807) is 31.2 Å². The zero-order chi connectivity index (χ0) is 20.1. The van der Waals surface area contributed by atoms with Crippen LogP contribution < -0.4 is 5.32 Å². The fraction of sp³-hybridized carbons (Fsp3) is 0.316. The summed E-state index contributed by atoms with van der Waals surface area (Å²) in [7, 11) is -3.56. The second-order valence-electron chi connectivity index (χ2n) is 6.24. The van der Waals surface area contributed by atoms with Crippen molar-refractivity contribution >= 4 is 33.4 Å². The summed E-state index contributed by atoms with van der Waals surface area (Å²) in [5, 5.41) is 2.37. The SMILES string of the molecule is C[C@H](Sc1ccc(F)cc1)C(=O)Nc1ccc(S(=O)(=O)N2CCOCC2)cc1. The van der Waals surface area contributed by atoms with E-state index < -0.39 is 15.3 Å². The van der Waals surface area contributed by atoms with Crippen molar-refractivity contribution in [1.29, 1.82) is 0 Å². The number of morpholine rings is 1. The number of benzene rings is 2. The molecule has 0 bridgehead atoms. The fourth-order valence-electron chi connectivity index (χ4n) is 2.66. The first-order chi connectivity index (χ1) is 13.4. The van der Waals surface area contributed by atoms with Crippen LogP contribution in [0, 0.1) is 5.82 Å². The predicted molar refractivity (Wildman–Crippen MR) is 106 cm³/mol. The highest BCUT2D eigenvalue weighted by molar-refractivity contribution is 8.00. The Balaban J connectivity index is 1.61. The molecule has 0 spiro atoms. The van der Waals surface area contributed by atoms with Crippen molar-refractivity contribution in [2.24, 2.45) is 0 Å². The summed E-state index contributed by atoms with van der Waals surface area (Å²) in [6.45, 7) is 3.19. The second-order valence-corrected chi connectivity index (χ2v) is 9.60. The Kier molecular flexibility index (Phi) is 6.71. The van der Waals surface area contributed by atoms with Crippen LogP contribution in [-0.2, 0) is 19.6 Å². The van der Waals surface area contributed by atoms with E-state index in [0.29, 0.717) is 32.0 Å². The number of carbonyl (C=O) groups excluding carboxylic acids is 1. The van der Waals surface area contributed by atoms with Crippen molar-refractivity contribution in [2.45, 2.75) is 22.0 Å². The number of halogens is 1. The third-order valence-electron chi connectivity index (χ3n) is 4.23. The van der Waals surface area contributed by atoms with Crippen molar-refractivity contribution in [2.75, 3.05) is 31.6 Å². The first-order valence-electron chi connectivity index (χ1n) is 8.77. The number of nitrogens with zero attached hydrogens (tertiary/aromatic N) is 1. The molecule has 0 saturated carbocycles. The van der Waals surface area contributed by atoms with Crippen molar-refractivity contribution in [3.8, 4) is 0 Å². The van der Waals surface area contributed by atoms with E-state index in [1.807, 2.05) is 0 Å². The maximum atomic E-state index is 13.0. The van der Waals surface area contributed by atoms with Gasteiger partial charge in [-0.3, -0.25) is 4.79 Å². The Bertz CT molecular complexity index is 912. The lowest BCUT2D eigenvalue weighted by atomic mass is 10.3. The molecule has 150 valence electrons. The standard InChI is InChI=1S/C19H21FN2O4S2/c1-14(27-17-6-2-15(20)3-7-17)19(23)21-16-4-8-18(9-5-16)28(24,25)22-10-12-26-13-11-22/h2-9,14H,10-13H2,1H3,(H,21,23)/t14-/m0/s1. The number of hydrogen-bond donors (Lipinski definition) is 1. The van der Waals surface area contributed by atoms with E-state index in [0.717, 1.165) is 4.90 Å². The van der Waals surface area contributed by atoms with Gasteiger partial charge in [0.05, 0.1) is 23.4 Å². The first kappa shape index (κ1) is 20.8. The fourth-order valence-corrected chi connectivity index (χ4v) is 4.94. The zero-order valence-corrected chi connectivity index (χ0v) is 16.9. The van der Waals surface area contributed by atoms with Gasteiger partial charge < -0.3 is 10.1 Å². The number of ether oxygens (including phenoxy) is 1. The quantitative estimate of drug-likeness (QED) is 0.722. The van der Waals surface area contributed by atoms with Gasteiger partial charge in [0.1, 0.15) is 5.82 Å². The number of amides is 1. The van der Waals surface area contributed by atoms with Crippen LogP contribution in [0.25, 0.3) is 0 Å². The number of anilines is 1. The van der Waals surface area contributed by atoms with Crippen LogP contribution in [0.4, 0.5) is 10.1 Å². The van der Waals surface area contributed by atoms with E-state index in [-0.39, 0.29) is 16.6 Å². The Morgan fingerprint density at radius 2 is 1.71 bits per heavy atom. The summed E-state index contributed by atoms with van der Waals surface area (Å²) in [5.41, 5.74) is 0.512. The van der Waals surface area contributed by atoms with Gasteiger partial charge >= 0.3 is 0 Å². The highest BCUT2D eigenvalue weighted by Crippen LogP contribution is 2.25. The summed E-state index contributed by atoms with van der Waals surface area (Å²) in [4.78, 5) is 13.3. The van der Waals surface area contributed by atoms with Crippen LogP contribution >= 0.6 is 11.8 Å². The molecule has 28 heavy (non-hydrogen) atoms. The normalized spacial score (nSPS) is 16.5. The lowest BCUT2D eigenvalue weighted by Gasteiger charge is -2.26. The molecule has 1 fully saturated rings. The Morgan fingerprint density at radius 1 is 1.11 bits per heavy atom. The number of nitrogens with one attached hydrogen (secondary N) is 1. The molecule has 0 aromatic heterocycles. The van der Waals surface area contributed by atoms with Crippen molar-refractivity contribution < 1.29 is 22.3 Å². The van der Waals surface area contributed by atoms with Crippen molar-refractivity contribution in [3.05, 3.63) is 54.3 Å². The third-order valence-corrected chi connectivity index (χ3v) is 7.25. The van der Waals surface area contributed by atoms with Gasteiger partial charge in [0.2, 0.25) is 15.9 Å². The van der Waals surface area contributed by atoms with Crippen LogP contribution in [0.2, 0.25) is 0 Å². The smallest absolute Gasteiger partial charge is 0.243 e. The Hall–Kier alpha value is -1.94. The van der Waals surface area contributed by atoms with Crippen molar-refractivity contribution in [3.63, 3.8) is 0 Å². The molecule has 1 atom stereocenters. The van der Waals surface area contributed by atoms with Gasteiger partial charge in [-0.1, -0.05) is 0 Å². The van der Waals surface area contributed by atoms with Gasteiger partial charge in [0.15, 0.2) is 0 Å². The highest BCUT2D eigenvalue weighted by atomic mass is 32.2. The minimum absolute atomic E-state index is 0.182. The molecule has 2 aromatic carbocycles. The topological polar surface area (TPSA) is 75.7 Å². The molecule has 0 radical (unpaired) electrons. The number of carbonyl (C=O) groups is 1. The number of thioether (sulfide) groups is 1. The lowest BCUT2D eigenvalue weighted by Crippen LogP contribution is -2.40. The Labute approximate surface area is 168 Å². The monoisotopic (exact) mass is 424 g/mol. The molecule has 0 aliphatic carbocycles. The van der Waals surface area contributed by atoms with Gasteiger partial charge in [0, 0.05) is 23.7 Å². The molecule has 1 saturated heterocycles. The summed E-state index contributed by atoms with van der Waals surface area (Å²) >= 11 is 1.31. The molecule has 1 amide bonds. The number of rotatable bonds is 6. The van der Waals surface area contributed by atoms with Gasteiger partial charge in [-0.25, -0.2) is 12.8 Å². The van der Waals surface area contributed by atoms with E-state index >= 15 is 0 Å². The predicted octanol–water partition coefficient (Wildman–Crippen LogP) is 2.97. The van der Waals surface area contributed by atoms with Crippen molar-refractivity contribution in [1.82, 2.24) is 4.31 Å². The number of hydrogen-bond acceptors (Lipinski definition) is 5. The van der Waals surface area contributed by atoms with Crippen LogP contribution in [0.5, 0.6) is 0 Å². The van der Waals surface area contributed by atoms with E-state index in [9.17, 15) is 17.6 Å². The van der Waals surface area contributed by atoms with E-state index in [4.69, 9.17) is 4.74 Å². The average Bonchev–Trinajstić information content (AvgIpc) is 2.70. The first-order valence-corrected chi connectivity index (χ1v) is 11.1. The largest absolute Gasteiger partial charge is 0.379 e. The molecule has 1 aliphatic rings. The lowest BCUT2D eigenvalue weighted by molar-refractivity contribution is -0.115. The molecule has 1 heterocycles. The van der Waals surface area contributed by atoms with E-state index in [2.05, 4.69) is 5.32 Å². The molecule has 1 N–H and O–H groups in total. The molecule has 2 aromatic rings. The molecule has 1 aliphatic heterocycles. The maximum absolute atomic E-state index is 13.0. The summed E-state index contributed by atoms with van der Waals surface area (Å²) < 4.78 is 44.8. The van der Waals surface area contributed by atoms with Gasteiger partial charge in [-0.2, -0.15) is 4.31 Å². The van der Waals surface area contributed by atoms with Gasteiger partial charge in [0.25, 0.3) is 0 Å². The van der Waals surface area contributed by atoms with Crippen LogP contribution in [-0.4, -0.2) is 50.2 Å². The molecular weight excluding hydrogens is 403 g/mol. The molecule has 9 heteroatoms. The maximum Gasteiger partial charge on any atom is 0.243 e. The average molecular weight is 425 g/mol. The minimum Gasteiger partial charge on any atom is -0.379 e. The third kappa shape index (κ3) is 5.11. The second kappa shape index (κ2) is 9.04.